The van der Waals surface area contributed by atoms with Crippen LogP contribution in [0.5, 0.6) is 0 Å². The highest BCUT2D eigenvalue weighted by Crippen LogP contribution is 2.48. The lowest BCUT2D eigenvalue weighted by molar-refractivity contribution is -0.144. The van der Waals surface area contributed by atoms with E-state index in [-0.39, 0.29) is 18.7 Å². The molecule has 0 aliphatic carbocycles. The minimum absolute atomic E-state index is 0.00133. The lowest BCUT2D eigenvalue weighted by atomic mass is 9.90. The number of benzene rings is 4. The number of nitrogens with zero attached hydrogens (tertiary/aromatic N) is 1. The highest BCUT2D eigenvalue weighted by Gasteiger charge is 2.59. The van der Waals surface area contributed by atoms with Gasteiger partial charge in [-0.15, -0.1) is 0 Å². The lowest BCUT2D eigenvalue weighted by Gasteiger charge is -2.48. The molecule has 0 bridgehead atoms. The number of carbonyl (C=O) groups excluding carboxylic acids is 2. The fourth-order valence-electron chi connectivity index (χ4n) is 5.85. The maximum Gasteiger partial charge on any atom is 0.326 e. The molecule has 0 radical (unpaired) electrons. The Morgan fingerprint density at radius 2 is 1.26 bits per heavy atom. The van der Waals surface area contributed by atoms with Crippen LogP contribution in [0.25, 0.3) is 0 Å². The molecule has 4 atom stereocenters. The fraction of sp³-hybridized carbons (Fsp3) is 0.257. The minimum Gasteiger partial charge on any atom is -0.465 e. The molecule has 0 N–H and O–H groups in total. The van der Waals surface area contributed by atoms with Crippen LogP contribution in [-0.2, 0) is 25.9 Å². The lowest BCUT2D eigenvalue weighted by Crippen LogP contribution is -2.60. The van der Waals surface area contributed by atoms with Crippen molar-refractivity contribution in [3.05, 3.63) is 142 Å². The first-order valence-electron chi connectivity index (χ1n) is 14.2. The molecule has 0 aromatic heterocycles. The molecule has 1 fully saturated rings. The van der Waals surface area contributed by atoms with E-state index >= 15 is 0 Å². The van der Waals surface area contributed by atoms with E-state index in [4.69, 9.17) is 16.3 Å². The van der Waals surface area contributed by atoms with E-state index in [1.165, 1.54) is 12.1 Å². The summed E-state index contributed by atoms with van der Waals surface area (Å²) in [5.74, 6) is -1.47. The van der Waals surface area contributed by atoms with Gasteiger partial charge in [-0.3, -0.25) is 14.5 Å². The monoisotopic (exact) mass is 615 g/mol. The second-order valence-corrected chi connectivity index (χ2v) is 13.6. The van der Waals surface area contributed by atoms with Gasteiger partial charge in [-0.05, 0) is 61.7 Å². The molecule has 4 aromatic rings. The summed E-state index contributed by atoms with van der Waals surface area (Å²) in [6.45, 7) is 5.82. The summed E-state index contributed by atoms with van der Waals surface area (Å²) in [6.07, 6.45) is 0. The third kappa shape index (κ3) is 6.30. The number of hydrogen-bond acceptors (Lipinski definition) is 6. The van der Waals surface area contributed by atoms with Gasteiger partial charge >= 0.3 is 5.97 Å². The molecule has 1 aliphatic heterocycles. The minimum atomic E-state index is -4.48. The van der Waals surface area contributed by atoms with Crippen molar-refractivity contribution in [2.45, 2.75) is 49.9 Å². The Bertz CT molecular complexity index is 1690. The number of halogens is 1. The number of ketones is 1. The van der Waals surface area contributed by atoms with E-state index in [1.54, 1.807) is 19.1 Å². The largest absolute Gasteiger partial charge is 0.465 e. The van der Waals surface area contributed by atoms with Crippen molar-refractivity contribution in [2.75, 3.05) is 6.61 Å². The second kappa shape index (κ2) is 12.8. The van der Waals surface area contributed by atoms with Gasteiger partial charge in [0.15, 0.2) is 20.9 Å². The Labute approximate surface area is 258 Å². The molecule has 222 valence electrons. The Balaban J connectivity index is 1.81. The van der Waals surface area contributed by atoms with Gasteiger partial charge in [0.25, 0.3) is 0 Å². The van der Waals surface area contributed by atoms with Crippen molar-refractivity contribution >= 4 is 33.2 Å². The van der Waals surface area contributed by atoms with Crippen molar-refractivity contribution in [2.24, 2.45) is 0 Å². The van der Waals surface area contributed by atoms with Crippen LogP contribution in [0.1, 0.15) is 57.2 Å². The molecule has 6 nitrogen and oxygen atoms in total. The molecular weight excluding hydrogens is 582 g/mol. The Kier molecular flexibility index (Phi) is 9.16. The van der Waals surface area contributed by atoms with Gasteiger partial charge in [0.2, 0.25) is 0 Å². The molecule has 1 aliphatic rings. The molecule has 5 rings (SSSR count). The van der Waals surface area contributed by atoms with Crippen LogP contribution in [0.4, 0.5) is 0 Å². The van der Waals surface area contributed by atoms with E-state index in [9.17, 15) is 18.0 Å². The summed E-state index contributed by atoms with van der Waals surface area (Å²) in [7, 11) is -4.48. The van der Waals surface area contributed by atoms with Crippen LogP contribution in [0.15, 0.2) is 103 Å². The molecule has 1 heterocycles. The van der Waals surface area contributed by atoms with Gasteiger partial charge < -0.3 is 4.74 Å². The molecule has 0 saturated carbocycles. The molecule has 0 spiro atoms. The summed E-state index contributed by atoms with van der Waals surface area (Å²) < 4.78 is 35.1. The zero-order valence-corrected chi connectivity index (χ0v) is 25.9. The summed E-state index contributed by atoms with van der Waals surface area (Å²) in [5, 5.41) is -2.80. The van der Waals surface area contributed by atoms with Crippen LogP contribution in [0, 0.1) is 13.8 Å². The first-order valence-corrected chi connectivity index (χ1v) is 16.2. The second-order valence-electron chi connectivity index (χ2n) is 10.9. The average molecular weight is 616 g/mol. The van der Waals surface area contributed by atoms with E-state index in [2.05, 4.69) is 0 Å². The van der Waals surface area contributed by atoms with Gasteiger partial charge in [0.05, 0.1) is 18.7 Å². The molecular formula is C35H34ClNO5S. The number of esters is 1. The molecule has 43 heavy (non-hydrogen) atoms. The number of aryl methyl sites for hydroxylation is 2. The standard InChI is InChI=1S/C35H34ClNO5S/c1-4-42-35(39)34-31(27-16-12-24(3)13-17-27)37(22-25-8-6-5-7-9-25)30(26-14-10-23(2)11-15-26)33(43(34,40)41)32(38)28-18-20-29(36)21-19-28/h5-21,30-31,33-34H,4,22H2,1-3H3. The molecule has 8 heteroatoms. The summed E-state index contributed by atoms with van der Waals surface area (Å²) >= 11 is 6.11. The Morgan fingerprint density at radius 1 is 0.744 bits per heavy atom. The summed E-state index contributed by atoms with van der Waals surface area (Å²) in [6, 6.07) is 29.0. The third-order valence-corrected chi connectivity index (χ3v) is 10.5. The van der Waals surface area contributed by atoms with Crippen molar-refractivity contribution in [3.63, 3.8) is 0 Å². The zero-order valence-electron chi connectivity index (χ0n) is 24.3. The Hall–Kier alpha value is -3.78. The predicted octanol–water partition coefficient (Wildman–Crippen LogP) is 6.85. The van der Waals surface area contributed by atoms with Crippen molar-refractivity contribution in [1.29, 1.82) is 0 Å². The number of sulfone groups is 1. The first kappa shape index (κ1) is 30.7. The van der Waals surface area contributed by atoms with Crippen LogP contribution in [0.3, 0.4) is 0 Å². The van der Waals surface area contributed by atoms with E-state index in [1.807, 2.05) is 97.6 Å². The summed E-state index contributed by atoms with van der Waals surface area (Å²) in [5.41, 5.74) is 4.42. The number of carbonyl (C=O) groups is 2. The smallest absolute Gasteiger partial charge is 0.326 e. The number of Topliss-reactive ketones (excluding diaryl/α,β-unsaturated/α-hetero) is 1. The van der Waals surface area contributed by atoms with Crippen LogP contribution in [-0.4, -0.2) is 42.2 Å². The SMILES string of the molecule is CCOC(=O)C1C(c2ccc(C)cc2)N(Cc2ccccc2)C(c2ccc(C)cc2)C(C(=O)c2ccc(Cl)cc2)S1(=O)=O. The summed E-state index contributed by atoms with van der Waals surface area (Å²) in [4.78, 5) is 30.1. The highest BCUT2D eigenvalue weighted by molar-refractivity contribution is 7.94. The number of ether oxygens (including phenoxy) is 1. The van der Waals surface area contributed by atoms with Crippen molar-refractivity contribution in [1.82, 2.24) is 4.90 Å². The Morgan fingerprint density at radius 3 is 1.77 bits per heavy atom. The zero-order chi connectivity index (χ0) is 30.7. The third-order valence-electron chi connectivity index (χ3n) is 7.95. The molecule has 4 aromatic carbocycles. The van der Waals surface area contributed by atoms with Crippen molar-refractivity contribution in [3.8, 4) is 0 Å². The quantitative estimate of drug-likeness (QED) is 0.159. The van der Waals surface area contributed by atoms with E-state index < -0.39 is 44.2 Å². The van der Waals surface area contributed by atoms with Crippen LogP contribution < -0.4 is 0 Å². The van der Waals surface area contributed by atoms with Gasteiger partial charge in [-0.1, -0.05) is 102 Å². The van der Waals surface area contributed by atoms with Crippen LogP contribution >= 0.6 is 11.6 Å². The normalized spacial score (nSPS) is 21.7. The van der Waals surface area contributed by atoms with Gasteiger partial charge in [-0.2, -0.15) is 0 Å². The molecule has 0 amide bonds. The topological polar surface area (TPSA) is 80.8 Å². The number of rotatable bonds is 8. The maximum atomic E-state index is 14.8. The van der Waals surface area contributed by atoms with Crippen molar-refractivity contribution < 1.29 is 22.7 Å². The van der Waals surface area contributed by atoms with Crippen LogP contribution in [0.2, 0.25) is 5.02 Å². The molecule has 1 saturated heterocycles. The average Bonchev–Trinajstić information content (AvgIpc) is 2.99. The first-order chi connectivity index (χ1) is 20.6. The maximum absolute atomic E-state index is 14.8. The van der Waals surface area contributed by atoms with E-state index in [0.29, 0.717) is 16.1 Å². The van der Waals surface area contributed by atoms with Gasteiger partial charge in [0.1, 0.15) is 5.25 Å². The van der Waals surface area contributed by atoms with Gasteiger partial charge in [-0.25, -0.2) is 8.42 Å². The van der Waals surface area contributed by atoms with Gasteiger partial charge in [0, 0.05) is 17.1 Å². The van der Waals surface area contributed by atoms with E-state index in [0.717, 1.165) is 16.7 Å². The highest BCUT2D eigenvalue weighted by atomic mass is 35.5. The molecule has 4 unspecified atom stereocenters. The number of hydrogen-bond donors (Lipinski definition) is 0. The predicted molar refractivity (Wildman–Crippen MR) is 169 cm³/mol. The fourth-order valence-corrected chi connectivity index (χ4v) is 8.41.